The number of nitrogens with one attached hydrogen (secondary N) is 2. The van der Waals surface area contributed by atoms with Crippen LogP contribution in [0.4, 0.5) is 10.8 Å². The van der Waals surface area contributed by atoms with E-state index in [1.807, 2.05) is 66.9 Å². The number of carbonyl (C=O) groups excluding carboxylic acids is 1. The van der Waals surface area contributed by atoms with Crippen LogP contribution in [0.3, 0.4) is 0 Å². The Morgan fingerprint density at radius 3 is 2.52 bits per heavy atom. The third kappa shape index (κ3) is 4.65. The number of anilines is 2. The molecule has 0 radical (unpaired) electrons. The second-order valence-electron chi connectivity index (χ2n) is 5.71. The zero-order valence-electron chi connectivity index (χ0n) is 13.9. The number of hydrogen-bond acceptors (Lipinski definition) is 5. The summed E-state index contributed by atoms with van der Waals surface area (Å²) in [5.74, 6) is -0.0755. The molecule has 0 aliphatic rings. The Morgan fingerprint density at radius 1 is 1.16 bits per heavy atom. The van der Waals surface area contributed by atoms with Crippen LogP contribution < -0.4 is 16.4 Å². The summed E-state index contributed by atoms with van der Waals surface area (Å²) in [7, 11) is 0. The van der Waals surface area contributed by atoms with Crippen molar-refractivity contribution >= 4 is 28.1 Å². The zero-order valence-corrected chi connectivity index (χ0v) is 14.7. The summed E-state index contributed by atoms with van der Waals surface area (Å²) >= 11 is 1.41. The lowest BCUT2D eigenvalue weighted by Crippen LogP contribution is -2.30. The lowest BCUT2D eigenvalue weighted by molar-refractivity contribution is -0.115. The minimum atomic E-state index is -0.0755. The van der Waals surface area contributed by atoms with Gasteiger partial charge in [-0.1, -0.05) is 42.5 Å². The van der Waals surface area contributed by atoms with E-state index in [-0.39, 0.29) is 18.5 Å². The maximum Gasteiger partial charge on any atom is 0.238 e. The van der Waals surface area contributed by atoms with E-state index in [1.54, 1.807) is 0 Å². The summed E-state index contributed by atoms with van der Waals surface area (Å²) in [6.07, 6.45) is 0. The maximum absolute atomic E-state index is 12.1. The maximum atomic E-state index is 12.1. The van der Waals surface area contributed by atoms with Gasteiger partial charge in [-0.15, -0.1) is 11.3 Å². The normalized spacial score (nSPS) is 11.9. The van der Waals surface area contributed by atoms with Gasteiger partial charge in [0.15, 0.2) is 5.13 Å². The van der Waals surface area contributed by atoms with Crippen LogP contribution in [0, 0.1) is 0 Å². The summed E-state index contributed by atoms with van der Waals surface area (Å²) in [6, 6.07) is 17.7. The van der Waals surface area contributed by atoms with Crippen LogP contribution in [0.25, 0.3) is 11.3 Å². The van der Waals surface area contributed by atoms with Crippen molar-refractivity contribution < 1.29 is 4.79 Å². The smallest absolute Gasteiger partial charge is 0.238 e. The first-order valence-electron chi connectivity index (χ1n) is 8.01. The van der Waals surface area contributed by atoms with E-state index in [9.17, 15) is 4.79 Å². The Balaban J connectivity index is 1.52. The molecule has 0 fully saturated rings. The van der Waals surface area contributed by atoms with Gasteiger partial charge in [-0.3, -0.25) is 4.79 Å². The molecule has 6 heteroatoms. The highest BCUT2D eigenvalue weighted by atomic mass is 32.1. The van der Waals surface area contributed by atoms with Gasteiger partial charge in [0.25, 0.3) is 0 Å². The van der Waals surface area contributed by atoms with Crippen LogP contribution >= 0.6 is 11.3 Å². The molecule has 1 aromatic heterocycles. The number of aromatic nitrogens is 1. The van der Waals surface area contributed by atoms with Crippen molar-refractivity contribution in [2.45, 2.75) is 13.0 Å². The Bertz CT molecular complexity index is 830. The molecule has 3 rings (SSSR count). The van der Waals surface area contributed by atoms with Gasteiger partial charge in [-0.25, -0.2) is 4.98 Å². The van der Waals surface area contributed by atoms with Crippen molar-refractivity contribution in [2.75, 3.05) is 17.6 Å². The van der Waals surface area contributed by atoms with E-state index in [4.69, 9.17) is 5.73 Å². The van der Waals surface area contributed by atoms with Gasteiger partial charge < -0.3 is 16.4 Å². The van der Waals surface area contributed by atoms with Gasteiger partial charge >= 0.3 is 0 Å². The molecule has 0 aliphatic heterocycles. The molecular weight excluding hydrogens is 332 g/mol. The molecule has 0 saturated carbocycles. The standard InChI is InChI=1S/C19H20N4OS/c1-13(14-5-3-2-4-6-14)21-11-18(24)22-16-9-7-15(8-10-16)17-12-25-19(20)23-17/h2-10,12-13,21H,11H2,1H3,(H2,20,23)(H,22,24)/t13-/m0/s1. The Kier molecular flexibility index (Phi) is 5.42. The first-order valence-corrected chi connectivity index (χ1v) is 8.89. The van der Waals surface area contributed by atoms with E-state index in [1.165, 1.54) is 11.3 Å². The predicted octanol–water partition coefficient (Wildman–Crippen LogP) is 3.68. The lowest BCUT2D eigenvalue weighted by atomic mass is 10.1. The SMILES string of the molecule is C[C@H](NCC(=O)Nc1ccc(-c2csc(N)n2)cc1)c1ccccc1. The first-order chi connectivity index (χ1) is 12.1. The van der Waals surface area contributed by atoms with Crippen LogP contribution in [0.1, 0.15) is 18.5 Å². The van der Waals surface area contributed by atoms with Crippen LogP contribution in [0.2, 0.25) is 0 Å². The zero-order chi connectivity index (χ0) is 17.6. The fraction of sp³-hybridized carbons (Fsp3) is 0.158. The van der Waals surface area contributed by atoms with E-state index in [0.717, 1.165) is 22.5 Å². The predicted molar refractivity (Wildman–Crippen MR) is 103 cm³/mol. The van der Waals surface area contributed by atoms with Gasteiger partial charge in [-0.05, 0) is 24.6 Å². The van der Waals surface area contributed by atoms with E-state index in [2.05, 4.69) is 15.6 Å². The topological polar surface area (TPSA) is 80.0 Å². The Morgan fingerprint density at radius 2 is 1.88 bits per heavy atom. The Labute approximate surface area is 150 Å². The monoisotopic (exact) mass is 352 g/mol. The van der Waals surface area contributed by atoms with E-state index in [0.29, 0.717) is 5.13 Å². The summed E-state index contributed by atoms with van der Waals surface area (Å²) in [6.45, 7) is 2.29. The molecule has 3 aromatic rings. The minimum absolute atomic E-state index is 0.0755. The molecule has 2 aromatic carbocycles. The van der Waals surface area contributed by atoms with Crippen LogP contribution in [-0.4, -0.2) is 17.4 Å². The van der Waals surface area contributed by atoms with Crippen molar-refractivity contribution in [3.8, 4) is 11.3 Å². The van der Waals surface area contributed by atoms with Crippen LogP contribution in [-0.2, 0) is 4.79 Å². The molecule has 128 valence electrons. The van der Waals surface area contributed by atoms with Gasteiger partial charge in [0, 0.05) is 22.7 Å². The van der Waals surface area contributed by atoms with E-state index < -0.39 is 0 Å². The highest BCUT2D eigenvalue weighted by Crippen LogP contribution is 2.24. The van der Waals surface area contributed by atoms with Crippen molar-refractivity contribution in [1.82, 2.24) is 10.3 Å². The summed E-state index contributed by atoms with van der Waals surface area (Å²) in [4.78, 5) is 16.4. The fourth-order valence-electron chi connectivity index (χ4n) is 2.46. The molecule has 1 atom stereocenters. The second-order valence-corrected chi connectivity index (χ2v) is 6.60. The molecule has 25 heavy (non-hydrogen) atoms. The van der Waals surface area contributed by atoms with Gasteiger partial charge in [-0.2, -0.15) is 0 Å². The molecule has 5 nitrogen and oxygen atoms in total. The van der Waals surface area contributed by atoms with Crippen molar-refractivity contribution in [3.63, 3.8) is 0 Å². The van der Waals surface area contributed by atoms with Gasteiger partial charge in [0.1, 0.15) is 0 Å². The number of nitrogens with two attached hydrogens (primary N) is 1. The quantitative estimate of drug-likeness (QED) is 0.632. The number of amides is 1. The third-order valence-electron chi connectivity index (χ3n) is 3.85. The number of thiazole rings is 1. The molecule has 1 amide bonds. The number of carbonyl (C=O) groups is 1. The number of nitrogen functional groups attached to an aromatic ring is 1. The van der Waals surface area contributed by atoms with Crippen molar-refractivity contribution in [3.05, 3.63) is 65.5 Å². The molecular formula is C19H20N4OS. The highest BCUT2D eigenvalue weighted by Gasteiger charge is 2.08. The van der Waals surface area contributed by atoms with Gasteiger partial charge in [0.2, 0.25) is 5.91 Å². The largest absolute Gasteiger partial charge is 0.375 e. The number of hydrogen-bond donors (Lipinski definition) is 3. The molecule has 0 unspecified atom stereocenters. The first kappa shape index (κ1) is 17.1. The van der Waals surface area contributed by atoms with E-state index >= 15 is 0 Å². The third-order valence-corrected chi connectivity index (χ3v) is 4.53. The number of benzene rings is 2. The summed E-state index contributed by atoms with van der Waals surface area (Å²) in [5.41, 5.74) is 9.39. The lowest BCUT2D eigenvalue weighted by Gasteiger charge is -2.14. The summed E-state index contributed by atoms with van der Waals surface area (Å²) in [5, 5.41) is 8.57. The number of nitrogens with zero attached hydrogens (tertiary/aromatic N) is 1. The van der Waals surface area contributed by atoms with Crippen LogP contribution in [0.15, 0.2) is 60.0 Å². The average Bonchev–Trinajstić information content (AvgIpc) is 3.07. The van der Waals surface area contributed by atoms with Crippen LogP contribution in [0.5, 0.6) is 0 Å². The fourth-order valence-corrected chi connectivity index (χ4v) is 3.03. The molecule has 4 N–H and O–H groups in total. The Hall–Kier alpha value is -2.70. The van der Waals surface area contributed by atoms with Crippen molar-refractivity contribution in [2.24, 2.45) is 0 Å². The molecule has 0 aliphatic carbocycles. The molecule has 1 heterocycles. The summed E-state index contributed by atoms with van der Waals surface area (Å²) < 4.78 is 0. The molecule has 0 bridgehead atoms. The molecule has 0 spiro atoms. The highest BCUT2D eigenvalue weighted by molar-refractivity contribution is 7.13. The molecule has 0 saturated heterocycles. The minimum Gasteiger partial charge on any atom is -0.375 e. The average molecular weight is 352 g/mol. The van der Waals surface area contributed by atoms with Crippen molar-refractivity contribution in [1.29, 1.82) is 0 Å². The number of rotatable bonds is 6. The van der Waals surface area contributed by atoms with Gasteiger partial charge in [0.05, 0.1) is 12.2 Å². The second kappa shape index (κ2) is 7.92.